The van der Waals surface area contributed by atoms with Crippen LogP contribution in [0.3, 0.4) is 0 Å². The minimum atomic E-state index is -2.04. The van der Waals surface area contributed by atoms with Crippen LogP contribution in [0, 0.1) is 16.0 Å². The second-order valence-electron chi connectivity index (χ2n) is 10.8. The van der Waals surface area contributed by atoms with Crippen molar-refractivity contribution in [1.82, 2.24) is 15.0 Å². The SMILES string of the molecule is C[C@@H](/C=C/CCn1cc(CCO)nn1)[C@]1(O)C(=O)N(Cc2ccc(NC(=O)c3ccc(N)cc3)cc2)c2ccc([N+](=O)[O-])cc21. The summed E-state index contributed by atoms with van der Waals surface area (Å²) in [7, 11) is 0. The Morgan fingerprint density at radius 1 is 1.16 bits per heavy atom. The lowest BCUT2D eigenvalue weighted by Gasteiger charge is -2.27. The first kappa shape index (κ1) is 31.0. The molecule has 13 heteroatoms. The van der Waals surface area contributed by atoms with Crippen molar-refractivity contribution in [2.75, 3.05) is 22.6 Å². The predicted octanol–water partition coefficient (Wildman–Crippen LogP) is 3.57. The molecule has 0 bridgehead atoms. The molecule has 0 saturated carbocycles. The number of nitrogens with one attached hydrogen (secondary N) is 1. The highest BCUT2D eigenvalue weighted by Gasteiger charge is 2.53. The van der Waals surface area contributed by atoms with Gasteiger partial charge >= 0.3 is 0 Å². The van der Waals surface area contributed by atoms with Crippen molar-refractivity contribution in [1.29, 1.82) is 0 Å². The Morgan fingerprint density at radius 3 is 2.58 bits per heavy atom. The fraction of sp³-hybridized carbons (Fsp3) is 0.250. The zero-order chi connectivity index (χ0) is 32.1. The van der Waals surface area contributed by atoms with Gasteiger partial charge in [-0.15, -0.1) is 5.10 Å². The van der Waals surface area contributed by atoms with Crippen LogP contribution >= 0.6 is 0 Å². The number of non-ortho nitro benzene ring substituents is 1. The van der Waals surface area contributed by atoms with E-state index in [1.807, 2.05) is 6.08 Å². The molecule has 45 heavy (non-hydrogen) atoms. The van der Waals surface area contributed by atoms with Gasteiger partial charge in [0.2, 0.25) is 0 Å². The molecule has 0 unspecified atom stereocenters. The Labute approximate surface area is 258 Å². The van der Waals surface area contributed by atoms with Gasteiger partial charge in [-0.2, -0.15) is 0 Å². The number of aromatic nitrogens is 3. The number of benzene rings is 3. The molecule has 5 rings (SSSR count). The summed E-state index contributed by atoms with van der Waals surface area (Å²) >= 11 is 0. The number of hydrogen-bond donors (Lipinski definition) is 4. The van der Waals surface area contributed by atoms with E-state index in [0.717, 1.165) is 5.56 Å². The van der Waals surface area contributed by atoms with Crippen LogP contribution < -0.4 is 16.0 Å². The molecule has 4 aromatic rings. The number of allylic oxidation sites excluding steroid dienone is 1. The van der Waals surface area contributed by atoms with Crippen molar-refractivity contribution in [3.8, 4) is 0 Å². The summed E-state index contributed by atoms with van der Waals surface area (Å²) in [6, 6.07) is 17.5. The van der Waals surface area contributed by atoms with Gasteiger partial charge in [0.15, 0.2) is 5.60 Å². The molecule has 5 N–H and O–H groups in total. The third kappa shape index (κ3) is 6.59. The van der Waals surface area contributed by atoms with Gasteiger partial charge in [-0.1, -0.05) is 36.4 Å². The van der Waals surface area contributed by atoms with Gasteiger partial charge in [0, 0.05) is 66.3 Å². The second-order valence-corrected chi connectivity index (χ2v) is 10.8. The molecule has 2 heterocycles. The highest BCUT2D eigenvalue weighted by Crippen LogP contribution is 2.47. The molecular weight excluding hydrogens is 578 g/mol. The Hall–Kier alpha value is -5.40. The quantitative estimate of drug-likeness (QED) is 0.0803. The van der Waals surface area contributed by atoms with Crippen molar-refractivity contribution >= 4 is 34.6 Å². The van der Waals surface area contributed by atoms with Crippen LogP contribution in [0.1, 0.15) is 40.5 Å². The molecule has 0 saturated heterocycles. The predicted molar refractivity (Wildman–Crippen MR) is 167 cm³/mol. The van der Waals surface area contributed by atoms with Crippen LogP contribution in [0.4, 0.5) is 22.7 Å². The van der Waals surface area contributed by atoms with E-state index in [2.05, 4.69) is 15.6 Å². The number of carbonyl (C=O) groups is 2. The number of nitro groups is 1. The summed E-state index contributed by atoms with van der Waals surface area (Å²) in [4.78, 5) is 38.9. The lowest BCUT2D eigenvalue weighted by molar-refractivity contribution is -0.385. The molecule has 0 fully saturated rings. The minimum absolute atomic E-state index is 0.0196. The first-order chi connectivity index (χ1) is 21.6. The molecule has 1 aromatic heterocycles. The Balaban J connectivity index is 1.32. The topological polar surface area (TPSA) is 190 Å². The highest BCUT2D eigenvalue weighted by molar-refractivity contribution is 6.07. The third-order valence-electron chi connectivity index (χ3n) is 7.75. The van der Waals surface area contributed by atoms with E-state index in [1.54, 1.807) is 72.4 Å². The van der Waals surface area contributed by atoms with Gasteiger partial charge in [0.05, 0.1) is 22.8 Å². The van der Waals surface area contributed by atoms with Gasteiger partial charge in [-0.05, 0) is 54.4 Å². The summed E-state index contributed by atoms with van der Waals surface area (Å²) in [5.74, 6) is -1.61. The first-order valence-corrected chi connectivity index (χ1v) is 14.4. The summed E-state index contributed by atoms with van der Waals surface area (Å²) in [6.45, 7) is 2.26. The number of nitrogen functional groups attached to an aromatic ring is 1. The van der Waals surface area contributed by atoms with E-state index in [1.165, 1.54) is 23.1 Å². The monoisotopic (exact) mass is 611 g/mol. The Bertz CT molecular complexity index is 1740. The number of hydrogen-bond acceptors (Lipinski definition) is 9. The zero-order valence-corrected chi connectivity index (χ0v) is 24.5. The van der Waals surface area contributed by atoms with Crippen LogP contribution in [-0.2, 0) is 29.9 Å². The number of amides is 2. The third-order valence-corrected chi connectivity index (χ3v) is 7.75. The number of anilines is 3. The molecule has 2 atom stereocenters. The van der Waals surface area contributed by atoms with Crippen LogP contribution in [0.25, 0.3) is 0 Å². The van der Waals surface area contributed by atoms with Crippen molar-refractivity contribution in [3.05, 3.63) is 118 Å². The van der Waals surface area contributed by atoms with Crippen LogP contribution in [0.2, 0.25) is 0 Å². The van der Waals surface area contributed by atoms with E-state index in [-0.39, 0.29) is 30.3 Å². The van der Waals surface area contributed by atoms with E-state index in [9.17, 15) is 24.8 Å². The van der Waals surface area contributed by atoms with Crippen LogP contribution in [0.5, 0.6) is 0 Å². The van der Waals surface area contributed by atoms with E-state index in [0.29, 0.717) is 47.7 Å². The fourth-order valence-electron chi connectivity index (χ4n) is 5.24. The summed E-state index contributed by atoms with van der Waals surface area (Å²) in [6.07, 6.45) is 6.22. The number of nitrogens with two attached hydrogens (primary N) is 1. The Morgan fingerprint density at radius 2 is 1.89 bits per heavy atom. The van der Waals surface area contributed by atoms with Gasteiger partial charge < -0.3 is 26.2 Å². The molecule has 13 nitrogen and oxygen atoms in total. The zero-order valence-electron chi connectivity index (χ0n) is 24.5. The first-order valence-electron chi connectivity index (χ1n) is 14.4. The Kier molecular flexibility index (Phi) is 9.02. The molecule has 0 spiro atoms. The standard InChI is InChI=1S/C32H33N7O6/c1-21(4-2-3-16-37-20-26(15-17-40)35-36-37)32(43)28-18-27(39(44)45)13-14-29(28)38(31(32)42)19-22-5-11-25(12-6-22)34-30(41)23-7-9-24(33)10-8-23/h2,4-14,18,20-21,40,43H,3,15-17,19,33H2,1H3,(H,34,41)/b4-2+/t21-,32+/m0/s1. The number of rotatable bonds is 12. The maximum atomic E-state index is 13.9. The average Bonchev–Trinajstić information content (AvgIpc) is 3.57. The molecule has 3 aromatic carbocycles. The lowest BCUT2D eigenvalue weighted by atomic mass is 9.82. The summed E-state index contributed by atoms with van der Waals surface area (Å²) in [5.41, 5.74) is 6.93. The number of fused-ring (bicyclic) bond motifs is 1. The number of nitro benzene ring substituents is 1. The molecule has 0 radical (unpaired) electrons. The number of aliphatic hydroxyl groups excluding tert-OH is 1. The normalized spacial score (nSPS) is 16.6. The molecule has 232 valence electrons. The van der Waals surface area contributed by atoms with Crippen LogP contribution in [-0.4, -0.2) is 48.6 Å². The number of aliphatic hydroxyl groups is 2. The largest absolute Gasteiger partial charge is 0.399 e. The minimum Gasteiger partial charge on any atom is -0.399 e. The smallest absolute Gasteiger partial charge is 0.269 e. The number of nitrogens with zero attached hydrogens (tertiary/aromatic N) is 5. The molecular formula is C32H33N7O6. The molecule has 2 amide bonds. The lowest BCUT2D eigenvalue weighted by Crippen LogP contribution is -2.44. The van der Waals surface area contributed by atoms with E-state index < -0.39 is 22.3 Å². The van der Waals surface area contributed by atoms with Gasteiger partial charge in [0.1, 0.15) is 0 Å². The summed E-state index contributed by atoms with van der Waals surface area (Å²) < 4.78 is 1.64. The number of carbonyl (C=O) groups excluding carboxylic acids is 2. The van der Waals surface area contributed by atoms with Crippen molar-refractivity contribution < 1.29 is 24.7 Å². The van der Waals surface area contributed by atoms with Gasteiger partial charge in [-0.3, -0.25) is 24.4 Å². The average molecular weight is 612 g/mol. The second kappa shape index (κ2) is 13.1. The van der Waals surface area contributed by atoms with Crippen molar-refractivity contribution in [2.24, 2.45) is 5.92 Å². The number of aryl methyl sites for hydroxylation is 1. The van der Waals surface area contributed by atoms with Crippen molar-refractivity contribution in [2.45, 2.75) is 38.5 Å². The van der Waals surface area contributed by atoms with Gasteiger partial charge in [0.25, 0.3) is 17.5 Å². The van der Waals surface area contributed by atoms with Crippen LogP contribution in [0.15, 0.2) is 85.1 Å². The maximum absolute atomic E-state index is 13.9. The van der Waals surface area contributed by atoms with Crippen molar-refractivity contribution in [3.63, 3.8) is 0 Å². The molecule has 1 aliphatic rings. The highest BCUT2D eigenvalue weighted by atomic mass is 16.6. The van der Waals surface area contributed by atoms with E-state index in [4.69, 9.17) is 10.8 Å². The van der Waals surface area contributed by atoms with Gasteiger partial charge in [-0.25, -0.2) is 0 Å². The summed E-state index contributed by atoms with van der Waals surface area (Å²) in [5, 5.41) is 43.4. The maximum Gasteiger partial charge on any atom is 0.269 e. The van der Waals surface area contributed by atoms with E-state index >= 15 is 0 Å². The fourth-order valence-corrected chi connectivity index (χ4v) is 5.24. The molecule has 1 aliphatic heterocycles. The molecule has 0 aliphatic carbocycles.